The number of rotatable bonds is 1. The van der Waals surface area contributed by atoms with Crippen LogP contribution in [0.3, 0.4) is 0 Å². The summed E-state index contributed by atoms with van der Waals surface area (Å²) in [4.78, 5) is 10.4. The maximum Gasteiger partial charge on any atom is 1.00 e. The van der Waals surface area contributed by atoms with Gasteiger partial charge < -0.3 is 9.90 Å². The number of hydrogen-bond acceptors (Lipinski definition) is 2. The summed E-state index contributed by atoms with van der Waals surface area (Å²) < 4.78 is 0. The van der Waals surface area contributed by atoms with E-state index in [9.17, 15) is 9.90 Å². The molecular weight excluding hydrogens is 245 g/mol. The molecule has 0 saturated heterocycles. The van der Waals surface area contributed by atoms with Gasteiger partial charge in [0.05, 0.1) is 16.0 Å². The topological polar surface area (TPSA) is 40.1 Å². The molecule has 0 aliphatic rings. The van der Waals surface area contributed by atoms with Crippen LogP contribution in [0.25, 0.3) is 0 Å². The van der Waals surface area contributed by atoms with Crippen molar-refractivity contribution in [1.82, 2.24) is 0 Å². The van der Waals surface area contributed by atoms with E-state index in [1.54, 1.807) is 0 Å². The molecule has 0 aliphatic heterocycles. The van der Waals surface area contributed by atoms with Crippen LogP contribution in [0.15, 0.2) is 12.1 Å². The molecule has 0 atom stereocenters. The molecule has 0 heterocycles. The van der Waals surface area contributed by atoms with Crippen LogP contribution in [0.1, 0.15) is 10.4 Å². The Hall–Kier alpha value is 0.560. The Kier molecular flexibility index (Phi) is 5.68. The summed E-state index contributed by atoms with van der Waals surface area (Å²) in [5, 5.41) is 10.7. The Morgan fingerprint density at radius 1 is 1.15 bits per heavy atom. The normalized spacial score (nSPS) is 9.15. The predicted molar refractivity (Wildman–Crippen MR) is 45.8 cm³/mol. The Bertz CT molecular complexity index is 318. The number of carbonyl (C=O) groups excluding carboxylic acids is 1. The zero-order valence-corrected chi connectivity index (χ0v) is 10.9. The smallest absolute Gasteiger partial charge is 0.545 e. The summed E-state index contributed by atoms with van der Waals surface area (Å²) in [6.45, 7) is 0. The van der Waals surface area contributed by atoms with Crippen LogP contribution in [0.4, 0.5) is 0 Å². The van der Waals surface area contributed by atoms with E-state index in [0.29, 0.717) is 0 Å². The van der Waals surface area contributed by atoms with E-state index < -0.39 is 5.97 Å². The van der Waals surface area contributed by atoms with Crippen molar-refractivity contribution in [1.29, 1.82) is 0 Å². The molecule has 0 aromatic heterocycles. The largest absolute Gasteiger partial charge is 1.00 e. The Morgan fingerprint density at radius 3 is 1.85 bits per heavy atom. The number of carboxylic acids is 1. The zero-order chi connectivity index (χ0) is 9.30. The summed E-state index contributed by atoms with van der Waals surface area (Å²) >= 11 is 16.6. The van der Waals surface area contributed by atoms with Crippen molar-refractivity contribution in [3.63, 3.8) is 0 Å². The summed E-state index contributed by atoms with van der Waals surface area (Å²) in [5.41, 5.74) is -0.234. The van der Waals surface area contributed by atoms with E-state index >= 15 is 0 Å². The minimum absolute atomic E-state index is 0. The van der Waals surface area contributed by atoms with E-state index in [1.165, 1.54) is 12.1 Å². The maximum atomic E-state index is 10.4. The minimum Gasteiger partial charge on any atom is -0.545 e. The first-order chi connectivity index (χ1) is 5.52. The molecule has 6 heteroatoms. The number of carboxylic acid groups (broad SMARTS) is 1. The third-order valence-corrected chi connectivity index (χ3v) is 2.03. The zero-order valence-electron chi connectivity index (χ0n) is 6.61. The standard InChI is InChI=1S/C7H3Cl3O2.Na/c8-3-1-4(9)6(7(11)12)5(10)2-3;/h1-2H,(H,11,12);/q;+1/p-1. The van der Waals surface area contributed by atoms with Gasteiger partial charge in [0.1, 0.15) is 0 Å². The SMILES string of the molecule is O=C([O-])c1c(Cl)cc(Cl)cc1Cl.[Na+]. The summed E-state index contributed by atoms with van der Waals surface area (Å²) in [6, 6.07) is 2.58. The Morgan fingerprint density at radius 2 is 1.54 bits per heavy atom. The average Bonchev–Trinajstić information content (AvgIpc) is 1.82. The van der Waals surface area contributed by atoms with E-state index in [0.717, 1.165) is 0 Å². The van der Waals surface area contributed by atoms with Gasteiger partial charge in [-0.2, -0.15) is 0 Å². The van der Waals surface area contributed by atoms with Crippen molar-refractivity contribution in [3.8, 4) is 0 Å². The molecule has 1 aromatic rings. The number of carbonyl (C=O) groups is 1. The van der Waals surface area contributed by atoms with Gasteiger partial charge in [0.25, 0.3) is 0 Å². The van der Waals surface area contributed by atoms with Gasteiger partial charge in [-0.1, -0.05) is 34.8 Å². The van der Waals surface area contributed by atoms with Gasteiger partial charge in [0.15, 0.2) is 0 Å². The van der Waals surface area contributed by atoms with Crippen LogP contribution in [0.5, 0.6) is 0 Å². The first kappa shape index (κ1) is 13.6. The molecule has 64 valence electrons. The second-order valence-electron chi connectivity index (χ2n) is 2.03. The van der Waals surface area contributed by atoms with Crippen LogP contribution in [-0.4, -0.2) is 5.97 Å². The van der Waals surface area contributed by atoms with E-state index in [2.05, 4.69) is 0 Å². The Balaban J connectivity index is 0.00000144. The van der Waals surface area contributed by atoms with E-state index in [1.807, 2.05) is 0 Å². The Labute approximate surface area is 112 Å². The van der Waals surface area contributed by atoms with Crippen molar-refractivity contribution >= 4 is 40.8 Å². The van der Waals surface area contributed by atoms with Gasteiger partial charge in [-0.3, -0.25) is 0 Å². The van der Waals surface area contributed by atoms with E-state index in [-0.39, 0.29) is 50.2 Å². The first-order valence-electron chi connectivity index (χ1n) is 2.88. The third-order valence-electron chi connectivity index (χ3n) is 1.21. The molecule has 0 saturated carbocycles. The van der Waals surface area contributed by atoms with Crippen molar-refractivity contribution in [2.24, 2.45) is 0 Å². The van der Waals surface area contributed by atoms with Gasteiger partial charge in [-0.15, -0.1) is 0 Å². The van der Waals surface area contributed by atoms with Crippen LogP contribution in [-0.2, 0) is 0 Å². The number of hydrogen-bond donors (Lipinski definition) is 0. The van der Waals surface area contributed by atoms with Gasteiger partial charge in [0.2, 0.25) is 0 Å². The van der Waals surface area contributed by atoms with Gasteiger partial charge in [-0.05, 0) is 12.1 Å². The van der Waals surface area contributed by atoms with Crippen LogP contribution >= 0.6 is 34.8 Å². The molecule has 2 nitrogen and oxygen atoms in total. The quantitative estimate of drug-likeness (QED) is 0.598. The second-order valence-corrected chi connectivity index (χ2v) is 3.28. The predicted octanol–water partition coefficient (Wildman–Crippen LogP) is -0.986. The number of aromatic carboxylic acids is 1. The molecule has 13 heavy (non-hydrogen) atoms. The van der Waals surface area contributed by atoms with E-state index in [4.69, 9.17) is 34.8 Å². The number of halogens is 3. The fourth-order valence-electron chi connectivity index (χ4n) is 0.737. The molecule has 0 bridgehead atoms. The van der Waals surface area contributed by atoms with Gasteiger partial charge in [0, 0.05) is 10.6 Å². The molecule has 0 amide bonds. The van der Waals surface area contributed by atoms with Crippen molar-refractivity contribution in [3.05, 3.63) is 32.8 Å². The maximum absolute atomic E-state index is 10.4. The summed E-state index contributed by atoms with van der Waals surface area (Å²) in [7, 11) is 0. The third kappa shape index (κ3) is 3.31. The molecule has 0 radical (unpaired) electrons. The van der Waals surface area contributed by atoms with Crippen LogP contribution in [0.2, 0.25) is 15.1 Å². The van der Waals surface area contributed by atoms with Crippen molar-refractivity contribution in [2.45, 2.75) is 0 Å². The summed E-state index contributed by atoms with van der Waals surface area (Å²) in [6.07, 6.45) is 0. The monoisotopic (exact) mass is 246 g/mol. The molecule has 1 aromatic carbocycles. The number of benzene rings is 1. The molecule has 0 fully saturated rings. The van der Waals surface area contributed by atoms with Crippen LogP contribution < -0.4 is 34.7 Å². The van der Waals surface area contributed by atoms with Crippen LogP contribution in [0, 0.1) is 0 Å². The summed E-state index contributed by atoms with van der Waals surface area (Å²) in [5.74, 6) is -1.42. The second kappa shape index (κ2) is 5.44. The fourth-order valence-corrected chi connectivity index (χ4v) is 1.71. The first-order valence-corrected chi connectivity index (χ1v) is 4.01. The van der Waals surface area contributed by atoms with Gasteiger partial charge >= 0.3 is 29.6 Å². The molecule has 0 aliphatic carbocycles. The molecular formula is C7H2Cl3NaO2. The molecule has 0 N–H and O–H groups in total. The van der Waals surface area contributed by atoms with Gasteiger partial charge in [-0.25, -0.2) is 0 Å². The average molecular weight is 247 g/mol. The molecule has 0 spiro atoms. The van der Waals surface area contributed by atoms with Crippen molar-refractivity contribution in [2.75, 3.05) is 0 Å². The fraction of sp³-hybridized carbons (Fsp3) is 0. The minimum atomic E-state index is -1.42. The molecule has 0 unspecified atom stereocenters. The van der Waals surface area contributed by atoms with Crippen molar-refractivity contribution < 1.29 is 39.5 Å². The molecule has 1 rings (SSSR count).